The van der Waals surface area contributed by atoms with Crippen LogP contribution in [0.3, 0.4) is 0 Å². The highest BCUT2D eigenvalue weighted by molar-refractivity contribution is 5.94. The van der Waals surface area contributed by atoms with Gasteiger partial charge >= 0.3 is 12.1 Å². The van der Waals surface area contributed by atoms with E-state index in [2.05, 4.69) is 27.8 Å². The first kappa shape index (κ1) is 17.3. The molecular weight excluding hydrogens is 335 g/mol. The summed E-state index contributed by atoms with van der Waals surface area (Å²) in [6.07, 6.45) is 0. The van der Waals surface area contributed by atoms with Crippen LogP contribution in [0.15, 0.2) is 48.5 Å². The molecule has 0 bridgehead atoms. The fourth-order valence-electron chi connectivity index (χ4n) is 2.42. The summed E-state index contributed by atoms with van der Waals surface area (Å²) >= 11 is 0. The molecule has 0 atom stereocenters. The molecule has 2 aromatic rings. The molecule has 0 unspecified atom stereocenters. The number of urea groups is 2. The van der Waals surface area contributed by atoms with E-state index in [9.17, 15) is 14.0 Å². The van der Waals surface area contributed by atoms with E-state index in [1.165, 1.54) is 24.3 Å². The first-order valence-corrected chi connectivity index (χ1v) is 8.06. The molecule has 1 fully saturated rings. The number of halogens is 1. The fraction of sp³-hybridized carbons (Fsp3) is 0.158. The fourth-order valence-corrected chi connectivity index (χ4v) is 2.42. The summed E-state index contributed by atoms with van der Waals surface area (Å²) < 4.78 is 12.8. The molecular formula is C19H17FN4O2. The summed E-state index contributed by atoms with van der Waals surface area (Å²) in [6.45, 7) is 1.46. The highest BCUT2D eigenvalue weighted by Gasteiger charge is 2.20. The third kappa shape index (κ3) is 4.51. The molecule has 4 amide bonds. The number of rotatable bonds is 3. The number of benzene rings is 2. The van der Waals surface area contributed by atoms with Crippen molar-refractivity contribution in [1.29, 1.82) is 0 Å². The third-order valence-electron chi connectivity index (χ3n) is 3.71. The molecule has 3 rings (SSSR count). The summed E-state index contributed by atoms with van der Waals surface area (Å²) in [4.78, 5) is 25.0. The highest BCUT2D eigenvalue weighted by atomic mass is 19.1. The second kappa shape index (κ2) is 8.03. The summed E-state index contributed by atoms with van der Waals surface area (Å²) in [5.41, 5.74) is 2.11. The van der Waals surface area contributed by atoms with Crippen molar-refractivity contribution < 1.29 is 14.0 Å². The molecule has 7 heteroatoms. The second-order valence-corrected chi connectivity index (χ2v) is 5.55. The number of nitrogens with one attached hydrogen (secondary N) is 3. The van der Waals surface area contributed by atoms with Gasteiger partial charge in [0.25, 0.3) is 0 Å². The zero-order valence-corrected chi connectivity index (χ0v) is 13.9. The summed E-state index contributed by atoms with van der Waals surface area (Å²) in [5, 5.41) is 7.93. The van der Waals surface area contributed by atoms with E-state index < -0.39 is 6.03 Å². The maximum atomic E-state index is 12.8. The lowest BCUT2D eigenvalue weighted by molar-refractivity contribution is 0.251. The van der Waals surface area contributed by atoms with Gasteiger partial charge in [0, 0.05) is 30.0 Å². The van der Waals surface area contributed by atoms with Gasteiger partial charge in [-0.15, -0.1) is 0 Å². The average molecular weight is 352 g/mol. The molecule has 0 spiro atoms. The predicted octanol–water partition coefficient (Wildman–Crippen LogP) is 2.53. The van der Waals surface area contributed by atoms with Crippen LogP contribution in [0.1, 0.15) is 5.56 Å². The lowest BCUT2D eigenvalue weighted by Gasteiger charge is -2.13. The second-order valence-electron chi connectivity index (χ2n) is 5.55. The van der Waals surface area contributed by atoms with Crippen molar-refractivity contribution in [2.45, 2.75) is 0 Å². The van der Waals surface area contributed by atoms with Gasteiger partial charge in [0.1, 0.15) is 5.82 Å². The molecule has 2 aromatic carbocycles. The Bertz CT molecular complexity index is 854. The zero-order valence-electron chi connectivity index (χ0n) is 13.9. The molecule has 0 aromatic heterocycles. The van der Waals surface area contributed by atoms with Gasteiger partial charge in [-0.05, 0) is 48.5 Å². The molecule has 6 nitrogen and oxygen atoms in total. The van der Waals surface area contributed by atoms with Crippen LogP contribution in [-0.4, -0.2) is 31.7 Å². The maximum Gasteiger partial charge on any atom is 0.321 e. The molecule has 1 aliphatic rings. The molecule has 26 heavy (non-hydrogen) atoms. The smallest absolute Gasteiger partial charge is 0.321 e. The van der Waals surface area contributed by atoms with Crippen LogP contribution in [0.4, 0.5) is 25.4 Å². The van der Waals surface area contributed by atoms with Crippen LogP contribution >= 0.6 is 0 Å². The minimum Gasteiger partial charge on any atom is -0.336 e. The zero-order chi connectivity index (χ0) is 18.4. The van der Waals surface area contributed by atoms with Crippen molar-refractivity contribution in [3.05, 3.63) is 59.9 Å². The highest BCUT2D eigenvalue weighted by Crippen LogP contribution is 2.16. The van der Waals surface area contributed by atoms with Crippen LogP contribution in [0.5, 0.6) is 0 Å². The van der Waals surface area contributed by atoms with Crippen LogP contribution in [-0.2, 0) is 0 Å². The summed E-state index contributed by atoms with van der Waals surface area (Å²) in [7, 11) is 0. The number of hydrogen-bond acceptors (Lipinski definition) is 2. The monoisotopic (exact) mass is 352 g/mol. The molecule has 3 N–H and O–H groups in total. The molecule has 132 valence electrons. The van der Waals surface area contributed by atoms with Gasteiger partial charge in [0.2, 0.25) is 0 Å². The maximum absolute atomic E-state index is 12.8. The Kier molecular flexibility index (Phi) is 5.34. The van der Waals surface area contributed by atoms with E-state index in [1.807, 2.05) is 24.3 Å². The van der Waals surface area contributed by atoms with E-state index in [0.717, 1.165) is 11.3 Å². The van der Waals surface area contributed by atoms with Crippen molar-refractivity contribution in [2.75, 3.05) is 29.9 Å². The molecule has 0 radical (unpaired) electrons. The third-order valence-corrected chi connectivity index (χ3v) is 3.71. The van der Waals surface area contributed by atoms with Crippen LogP contribution < -0.4 is 20.9 Å². The minimum atomic E-state index is -0.415. The Labute approximate surface area is 150 Å². The van der Waals surface area contributed by atoms with Crippen LogP contribution in [0.2, 0.25) is 0 Å². The Hall–Kier alpha value is -3.53. The van der Waals surface area contributed by atoms with E-state index in [0.29, 0.717) is 18.8 Å². The van der Waals surface area contributed by atoms with Gasteiger partial charge in [-0.25, -0.2) is 14.0 Å². The first-order valence-electron chi connectivity index (χ1n) is 8.06. The number of nitrogens with zero attached hydrogens (tertiary/aromatic N) is 1. The topological polar surface area (TPSA) is 73.5 Å². The lowest BCUT2D eigenvalue weighted by Crippen LogP contribution is -2.28. The Morgan fingerprint density at radius 2 is 1.88 bits per heavy atom. The molecule has 1 heterocycles. The van der Waals surface area contributed by atoms with Crippen LogP contribution in [0, 0.1) is 17.7 Å². The molecule has 0 saturated carbocycles. The SMILES string of the molecule is O=C(NCC#Cc1ccc(N2CCNC2=O)cc1)Nc1ccc(F)cc1. The standard InChI is InChI=1S/C19H17FN4O2/c20-15-5-7-16(8-6-15)23-18(25)21-11-1-2-14-3-9-17(10-4-14)24-13-12-22-19(24)26/h3-10H,11-13H2,(H,22,26)(H2,21,23,25). The van der Waals surface area contributed by atoms with Gasteiger partial charge in [0.15, 0.2) is 0 Å². The Morgan fingerprint density at radius 1 is 1.15 bits per heavy atom. The van der Waals surface area contributed by atoms with E-state index >= 15 is 0 Å². The minimum absolute atomic E-state index is 0.0970. The van der Waals surface area contributed by atoms with Crippen LogP contribution in [0.25, 0.3) is 0 Å². The van der Waals surface area contributed by atoms with Gasteiger partial charge in [0.05, 0.1) is 6.54 Å². The Morgan fingerprint density at radius 3 is 2.54 bits per heavy atom. The van der Waals surface area contributed by atoms with Gasteiger partial charge < -0.3 is 16.0 Å². The van der Waals surface area contributed by atoms with Crippen molar-refractivity contribution in [3.63, 3.8) is 0 Å². The summed E-state index contributed by atoms with van der Waals surface area (Å²) in [5.74, 6) is 5.43. The largest absolute Gasteiger partial charge is 0.336 e. The first-order chi connectivity index (χ1) is 12.6. The van der Waals surface area contributed by atoms with Crippen molar-refractivity contribution >= 4 is 23.4 Å². The molecule has 1 saturated heterocycles. The quantitative estimate of drug-likeness (QED) is 0.743. The van der Waals surface area contributed by atoms with Gasteiger partial charge in [-0.1, -0.05) is 11.8 Å². The van der Waals surface area contributed by atoms with Gasteiger partial charge in [-0.3, -0.25) is 4.90 Å². The molecule has 0 aliphatic carbocycles. The van der Waals surface area contributed by atoms with Crippen molar-refractivity contribution in [3.8, 4) is 11.8 Å². The number of carbonyl (C=O) groups excluding carboxylic acids is 2. The van der Waals surface area contributed by atoms with Crippen molar-refractivity contribution in [2.24, 2.45) is 0 Å². The van der Waals surface area contributed by atoms with Gasteiger partial charge in [-0.2, -0.15) is 0 Å². The Balaban J connectivity index is 1.48. The van der Waals surface area contributed by atoms with E-state index in [-0.39, 0.29) is 18.4 Å². The number of anilines is 2. The summed E-state index contributed by atoms with van der Waals surface area (Å²) in [6, 6.07) is 12.3. The van der Waals surface area contributed by atoms with E-state index in [4.69, 9.17) is 0 Å². The average Bonchev–Trinajstić information content (AvgIpc) is 3.07. The van der Waals surface area contributed by atoms with E-state index in [1.54, 1.807) is 4.90 Å². The predicted molar refractivity (Wildman–Crippen MR) is 97.5 cm³/mol. The van der Waals surface area contributed by atoms with Crippen molar-refractivity contribution in [1.82, 2.24) is 10.6 Å². The number of hydrogen-bond donors (Lipinski definition) is 3. The normalized spacial score (nSPS) is 12.8. The number of carbonyl (C=O) groups is 2. The molecule has 1 aliphatic heterocycles. The number of amides is 4. The lowest BCUT2D eigenvalue weighted by atomic mass is 10.2.